The van der Waals surface area contributed by atoms with Gasteiger partial charge >= 0.3 is 5.97 Å². The molecule has 0 saturated heterocycles. The van der Waals surface area contributed by atoms with Crippen LogP contribution in [0.15, 0.2) is 77.8 Å². The minimum absolute atomic E-state index is 0.0258. The highest BCUT2D eigenvalue weighted by atomic mass is 35.5. The predicted octanol–water partition coefficient (Wildman–Crippen LogP) is 9.53. The van der Waals surface area contributed by atoms with Gasteiger partial charge in [0.2, 0.25) is 0 Å². The summed E-state index contributed by atoms with van der Waals surface area (Å²) in [6.07, 6.45) is 9.65. The Hall–Kier alpha value is -4.32. The smallest absolute Gasteiger partial charge is 0.331 e. The van der Waals surface area contributed by atoms with Crippen molar-refractivity contribution >= 4 is 33.4 Å². The van der Waals surface area contributed by atoms with E-state index < -0.39 is 15.7 Å². The van der Waals surface area contributed by atoms with E-state index in [1.165, 1.54) is 23.8 Å². The fraction of sp³-hybridized carbons (Fsp3) is 0.489. The average molecular weight is 843 g/mol. The highest BCUT2D eigenvalue weighted by molar-refractivity contribution is 7.86. The largest absolute Gasteiger partial charge is 0.493 e. The second-order valence-electron chi connectivity index (χ2n) is 17.3. The van der Waals surface area contributed by atoms with Crippen LogP contribution < -0.4 is 19.5 Å². The number of rotatable bonds is 13. The number of nitrogens with one attached hydrogen (secondary N) is 1. The van der Waals surface area contributed by atoms with Gasteiger partial charge in [-0.2, -0.15) is 8.42 Å². The van der Waals surface area contributed by atoms with Crippen molar-refractivity contribution in [3.63, 3.8) is 0 Å². The predicted molar refractivity (Wildman–Crippen MR) is 227 cm³/mol. The molecule has 1 fully saturated rings. The third-order valence-corrected chi connectivity index (χ3v) is 14.8. The zero-order chi connectivity index (χ0) is 41.4. The Morgan fingerprint density at radius 3 is 2.61 bits per heavy atom. The number of aryl methyl sites for hydroxylation is 2. The quantitative estimate of drug-likeness (QED) is 0.103. The van der Waals surface area contributed by atoms with Crippen LogP contribution in [-0.4, -0.2) is 57.9 Å². The van der Waals surface area contributed by atoms with E-state index in [2.05, 4.69) is 36.3 Å². The summed E-state index contributed by atoms with van der Waals surface area (Å²) in [5.41, 5.74) is 5.54. The van der Waals surface area contributed by atoms with Gasteiger partial charge in [0.15, 0.2) is 11.5 Å². The van der Waals surface area contributed by atoms with Gasteiger partial charge in [0, 0.05) is 34.6 Å². The summed E-state index contributed by atoms with van der Waals surface area (Å²) in [5.74, 6) is 2.99. The molecule has 0 unspecified atom stereocenters. The molecular weight excluding hydrogens is 788 g/mol. The van der Waals surface area contributed by atoms with Crippen molar-refractivity contribution in [3.8, 4) is 17.2 Å². The number of halogens is 1. The van der Waals surface area contributed by atoms with Crippen molar-refractivity contribution in [1.29, 1.82) is 0 Å². The summed E-state index contributed by atoms with van der Waals surface area (Å²) in [7, 11) is -2.43. The Kier molecular flexibility index (Phi) is 11.9. The van der Waals surface area contributed by atoms with Gasteiger partial charge < -0.3 is 24.3 Å². The Labute approximate surface area is 353 Å². The maximum atomic E-state index is 13.7. The molecule has 59 heavy (non-hydrogen) atoms. The lowest BCUT2D eigenvalue weighted by Crippen LogP contribution is -2.53. The van der Waals surface area contributed by atoms with Crippen LogP contribution in [0, 0.1) is 18.8 Å². The van der Waals surface area contributed by atoms with E-state index in [0.29, 0.717) is 48.3 Å². The molecule has 4 atom stereocenters. The number of benzene rings is 3. The van der Waals surface area contributed by atoms with Crippen molar-refractivity contribution in [1.82, 2.24) is 4.98 Å². The minimum Gasteiger partial charge on any atom is -0.493 e. The molecule has 4 aromatic rings. The molecule has 4 aliphatic rings. The summed E-state index contributed by atoms with van der Waals surface area (Å²) >= 11 is 6.37. The first kappa shape index (κ1) is 41.4. The summed E-state index contributed by atoms with van der Waals surface area (Å²) < 4.78 is 55.9. The highest BCUT2D eigenvalue weighted by Gasteiger charge is 2.55. The number of hydrogen-bond donors (Lipinski definition) is 1. The molecule has 1 aliphatic heterocycles. The number of aromatic nitrogens is 1. The normalized spacial score (nSPS) is 25.1. The molecule has 1 aromatic heterocycles. The van der Waals surface area contributed by atoms with E-state index in [4.69, 9.17) is 34.7 Å². The number of hydrogen-bond acceptors (Lipinski definition) is 10. The number of carbonyl (C=O) groups is 1. The molecule has 0 amide bonds. The van der Waals surface area contributed by atoms with Crippen molar-refractivity contribution in [2.24, 2.45) is 11.8 Å². The van der Waals surface area contributed by atoms with Gasteiger partial charge in [0.25, 0.3) is 10.1 Å². The van der Waals surface area contributed by atoms with Gasteiger partial charge in [-0.1, -0.05) is 49.2 Å². The van der Waals surface area contributed by atoms with Gasteiger partial charge in [-0.3, -0.25) is 9.17 Å². The Morgan fingerprint density at radius 2 is 1.85 bits per heavy atom. The number of carbonyl (C=O) groups excluding carboxylic acids is 1. The van der Waals surface area contributed by atoms with Crippen LogP contribution in [-0.2, 0) is 42.1 Å². The van der Waals surface area contributed by atoms with Crippen molar-refractivity contribution in [2.45, 2.75) is 113 Å². The molecule has 12 heteroatoms. The van der Waals surface area contributed by atoms with Crippen LogP contribution in [0.3, 0.4) is 0 Å². The summed E-state index contributed by atoms with van der Waals surface area (Å²) in [5, 5.41) is 4.15. The van der Waals surface area contributed by atoms with Gasteiger partial charge in [0.1, 0.15) is 24.0 Å². The zero-order valence-electron chi connectivity index (χ0n) is 34.4. The third kappa shape index (κ3) is 8.53. The lowest BCUT2D eigenvalue weighted by atomic mass is 9.59. The van der Waals surface area contributed by atoms with E-state index in [1.54, 1.807) is 24.3 Å². The first-order chi connectivity index (χ1) is 28.4. The number of pyridine rings is 1. The molecule has 1 saturated carbocycles. The molecule has 0 bridgehead atoms. The fourth-order valence-electron chi connectivity index (χ4n) is 10.1. The topological polar surface area (TPSA) is 122 Å². The third-order valence-electron chi connectivity index (χ3n) is 13.2. The van der Waals surface area contributed by atoms with E-state index in [9.17, 15) is 13.2 Å². The maximum absolute atomic E-state index is 13.7. The number of anilines is 1. The molecule has 10 nitrogen and oxygen atoms in total. The standard InChI is InChI=1S/C47H55ClN2O8S/c1-30-11-13-38(14-12-30)59(52,53)57-22-16-37-29-56-42-27-39-33(25-43(42)58-37)24-34(23-31(2)28-55-41-15-21-49-40-10-5-7-32(3)44(40)41)46(39)17-19-47(20-18-46,45(51)54-4)50-36-9-6-8-35(48)26-36/h6,8-9,11-15,21,25-27,31-32,34,37,50H,5,7,10,16-20,22-24,28-29H2,1-4H3/t31-,32-,34+,37-,46?,47?/m1/s1. The Bertz CT molecular complexity index is 2270. The lowest BCUT2D eigenvalue weighted by molar-refractivity contribution is -0.148. The zero-order valence-corrected chi connectivity index (χ0v) is 36.0. The first-order valence-corrected chi connectivity index (χ1v) is 22.8. The number of nitrogens with zero attached hydrogens (tertiary/aromatic N) is 1. The molecule has 2 heterocycles. The second kappa shape index (κ2) is 17.0. The van der Waals surface area contributed by atoms with Crippen LogP contribution in [0.5, 0.6) is 17.2 Å². The highest BCUT2D eigenvalue weighted by Crippen LogP contribution is 2.58. The summed E-state index contributed by atoms with van der Waals surface area (Å²) in [4.78, 5) is 18.5. The fourth-order valence-corrected chi connectivity index (χ4v) is 11.2. The molecular formula is C47H55ClN2O8S. The molecule has 1 spiro atoms. The molecule has 8 rings (SSSR count). The van der Waals surface area contributed by atoms with Gasteiger partial charge in [-0.05, 0) is 148 Å². The van der Waals surface area contributed by atoms with Gasteiger partial charge in [-0.25, -0.2) is 4.79 Å². The molecule has 314 valence electrons. The Balaban J connectivity index is 1.02. The Morgan fingerprint density at radius 1 is 1.05 bits per heavy atom. The molecule has 3 aliphatic carbocycles. The van der Waals surface area contributed by atoms with E-state index in [0.717, 1.165) is 67.6 Å². The molecule has 0 radical (unpaired) electrons. The molecule has 1 N–H and O–H groups in total. The SMILES string of the molecule is COC(=O)C1(Nc2cccc(Cl)c2)CCC2(CC1)c1cc3c(cc1C[C@@H]2C[C@@H](C)COc1ccnc2c1[C@H](C)CCC2)O[C@H](CCOS(=O)(=O)c1ccc(C)cc1)CO3. The van der Waals surface area contributed by atoms with Crippen molar-refractivity contribution in [2.75, 3.05) is 32.2 Å². The van der Waals surface area contributed by atoms with Crippen LogP contribution in [0.2, 0.25) is 5.02 Å². The van der Waals surface area contributed by atoms with Crippen LogP contribution in [0.4, 0.5) is 5.69 Å². The second-order valence-corrected chi connectivity index (χ2v) is 19.3. The minimum atomic E-state index is -3.89. The van der Waals surface area contributed by atoms with Crippen LogP contribution in [0.1, 0.15) is 99.1 Å². The van der Waals surface area contributed by atoms with Crippen molar-refractivity contribution in [3.05, 3.63) is 106 Å². The van der Waals surface area contributed by atoms with E-state index in [-0.39, 0.29) is 47.4 Å². The van der Waals surface area contributed by atoms with E-state index in [1.807, 2.05) is 43.5 Å². The number of fused-ring (bicyclic) bond motifs is 4. The number of esters is 1. The van der Waals surface area contributed by atoms with E-state index >= 15 is 0 Å². The maximum Gasteiger partial charge on any atom is 0.331 e. The van der Waals surface area contributed by atoms with Gasteiger partial charge in [-0.15, -0.1) is 0 Å². The van der Waals surface area contributed by atoms with Gasteiger partial charge in [0.05, 0.1) is 25.2 Å². The lowest BCUT2D eigenvalue weighted by Gasteiger charge is -2.48. The van der Waals surface area contributed by atoms with Crippen LogP contribution in [0.25, 0.3) is 0 Å². The number of ether oxygens (including phenoxy) is 4. The number of methoxy groups -OCH3 is 1. The van der Waals surface area contributed by atoms with Crippen molar-refractivity contribution < 1.29 is 36.3 Å². The van der Waals surface area contributed by atoms with Crippen LogP contribution >= 0.6 is 11.6 Å². The first-order valence-electron chi connectivity index (χ1n) is 21.0. The molecule has 3 aromatic carbocycles. The summed E-state index contributed by atoms with van der Waals surface area (Å²) in [6.45, 7) is 7.30. The summed E-state index contributed by atoms with van der Waals surface area (Å²) in [6, 6.07) is 20.4. The average Bonchev–Trinajstić information content (AvgIpc) is 3.50. The monoisotopic (exact) mass is 842 g/mol.